The molecule has 3 rings (SSSR count). The summed E-state index contributed by atoms with van der Waals surface area (Å²) in [7, 11) is 0. The molecule has 0 unspecified atom stereocenters. The van der Waals surface area contributed by atoms with Crippen molar-refractivity contribution in [3.8, 4) is 5.00 Å². The number of tetrazole rings is 1. The van der Waals surface area contributed by atoms with Crippen LogP contribution in [0.25, 0.3) is 5.00 Å². The van der Waals surface area contributed by atoms with Crippen LogP contribution in [-0.4, -0.2) is 38.3 Å². The minimum absolute atomic E-state index is 0.274. The number of carbonyl (C=O) groups excluding carboxylic acids is 2. The Morgan fingerprint density at radius 1 is 1.19 bits per heavy atom. The Bertz CT molecular complexity index is 959. The molecule has 0 saturated heterocycles. The summed E-state index contributed by atoms with van der Waals surface area (Å²) in [6.07, 6.45) is 0. The SMILES string of the molecule is CCOC(=O)c1ccc(NC(=O)Cn2nnn(-c3cccs3)c2=O)cc1. The molecule has 1 N–H and O–H groups in total. The van der Waals surface area contributed by atoms with Crippen LogP contribution in [0.3, 0.4) is 0 Å². The molecule has 1 aromatic carbocycles. The number of hydrogen-bond donors (Lipinski definition) is 1. The van der Waals surface area contributed by atoms with Crippen LogP contribution < -0.4 is 11.0 Å². The van der Waals surface area contributed by atoms with Gasteiger partial charge in [-0.25, -0.2) is 9.59 Å². The third-order valence-corrected chi connectivity index (χ3v) is 4.17. The first-order valence-electron chi connectivity index (χ1n) is 7.72. The topological polar surface area (TPSA) is 108 Å². The number of aromatic nitrogens is 4. The van der Waals surface area contributed by atoms with Crippen LogP contribution in [0, 0.1) is 0 Å². The van der Waals surface area contributed by atoms with E-state index in [-0.39, 0.29) is 13.2 Å². The van der Waals surface area contributed by atoms with Crippen molar-refractivity contribution in [2.45, 2.75) is 13.5 Å². The highest BCUT2D eigenvalue weighted by molar-refractivity contribution is 7.12. The van der Waals surface area contributed by atoms with Crippen molar-refractivity contribution < 1.29 is 14.3 Å². The number of nitrogens with one attached hydrogen (secondary N) is 1. The van der Waals surface area contributed by atoms with Crippen LogP contribution in [0.15, 0.2) is 46.6 Å². The van der Waals surface area contributed by atoms with Crippen LogP contribution in [0.1, 0.15) is 17.3 Å². The largest absolute Gasteiger partial charge is 0.462 e. The fourth-order valence-corrected chi connectivity index (χ4v) is 2.81. The van der Waals surface area contributed by atoms with Crippen molar-refractivity contribution in [1.29, 1.82) is 0 Å². The molecule has 0 bridgehead atoms. The summed E-state index contributed by atoms with van der Waals surface area (Å²) in [5, 5.41) is 12.5. The standard InChI is InChI=1S/C16H15N5O4S/c1-2-25-15(23)11-5-7-12(8-6-11)17-13(22)10-20-16(24)21(19-18-20)14-4-3-9-26-14/h3-9H,2,10H2,1H3,(H,17,22). The van der Waals surface area contributed by atoms with E-state index in [2.05, 4.69) is 15.7 Å². The van der Waals surface area contributed by atoms with E-state index in [4.69, 9.17) is 4.74 Å². The predicted molar refractivity (Wildman–Crippen MR) is 94.5 cm³/mol. The number of thiophene rings is 1. The van der Waals surface area contributed by atoms with E-state index in [1.165, 1.54) is 11.3 Å². The highest BCUT2D eigenvalue weighted by Gasteiger charge is 2.13. The van der Waals surface area contributed by atoms with E-state index in [0.717, 1.165) is 9.36 Å². The highest BCUT2D eigenvalue weighted by Crippen LogP contribution is 2.12. The Balaban J connectivity index is 1.64. The zero-order valence-electron chi connectivity index (χ0n) is 13.8. The van der Waals surface area contributed by atoms with Crippen molar-refractivity contribution in [3.05, 3.63) is 57.8 Å². The van der Waals surface area contributed by atoms with E-state index in [1.807, 2.05) is 5.38 Å². The maximum Gasteiger partial charge on any atom is 0.369 e. The van der Waals surface area contributed by atoms with E-state index >= 15 is 0 Å². The zero-order chi connectivity index (χ0) is 18.5. The van der Waals surface area contributed by atoms with Gasteiger partial charge in [-0.1, -0.05) is 0 Å². The summed E-state index contributed by atoms with van der Waals surface area (Å²) in [6.45, 7) is 1.74. The van der Waals surface area contributed by atoms with Crippen LogP contribution in [0.5, 0.6) is 0 Å². The lowest BCUT2D eigenvalue weighted by Crippen LogP contribution is -2.29. The lowest BCUT2D eigenvalue weighted by atomic mass is 10.2. The molecule has 0 spiro atoms. The molecule has 2 aromatic heterocycles. The average Bonchev–Trinajstić information content (AvgIpc) is 3.26. The molecule has 0 saturated carbocycles. The summed E-state index contributed by atoms with van der Waals surface area (Å²) in [5.74, 6) is -0.865. The van der Waals surface area contributed by atoms with Gasteiger partial charge in [0.15, 0.2) is 0 Å². The van der Waals surface area contributed by atoms with E-state index in [1.54, 1.807) is 43.3 Å². The summed E-state index contributed by atoms with van der Waals surface area (Å²) in [5.41, 5.74) is 0.377. The smallest absolute Gasteiger partial charge is 0.369 e. The minimum Gasteiger partial charge on any atom is -0.462 e. The van der Waals surface area contributed by atoms with Crippen LogP contribution in [-0.2, 0) is 16.1 Å². The molecule has 26 heavy (non-hydrogen) atoms. The molecule has 0 fully saturated rings. The molecular formula is C16H15N5O4S. The first-order valence-corrected chi connectivity index (χ1v) is 8.60. The lowest BCUT2D eigenvalue weighted by molar-refractivity contribution is -0.117. The molecule has 1 amide bonds. The van der Waals surface area contributed by atoms with Gasteiger partial charge in [-0.3, -0.25) is 4.79 Å². The van der Waals surface area contributed by atoms with Crippen molar-refractivity contribution in [1.82, 2.24) is 19.8 Å². The quantitative estimate of drug-likeness (QED) is 0.653. The predicted octanol–water partition coefficient (Wildman–Crippen LogP) is 1.31. The average molecular weight is 373 g/mol. The van der Waals surface area contributed by atoms with Crippen molar-refractivity contribution >= 4 is 28.9 Å². The van der Waals surface area contributed by atoms with Crippen LogP contribution >= 0.6 is 11.3 Å². The summed E-state index contributed by atoms with van der Waals surface area (Å²) < 4.78 is 7.00. The van der Waals surface area contributed by atoms with Crippen molar-refractivity contribution in [2.75, 3.05) is 11.9 Å². The molecule has 134 valence electrons. The molecule has 2 heterocycles. The zero-order valence-corrected chi connectivity index (χ0v) is 14.6. The number of amides is 1. The Morgan fingerprint density at radius 3 is 2.62 bits per heavy atom. The molecule has 0 radical (unpaired) electrons. The van der Waals surface area contributed by atoms with Gasteiger partial charge < -0.3 is 10.1 Å². The lowest BCUT2D eigenvalue weighted by Gasteiger charge is -2.06. The van der Waals surface area contributed by atoms with Gasteiger partial charge in [0.25, 0.3) is 0 Å². The molecule has 0 aliphatic heterocycles. The Labute approximate surface area is 151 Å². The molecule has 9 nitrogen and oxygen atoms in total. The van der Waals surface area contributed by atoms with E-state index < -0.39 is 17.6 Å². The molecule has 10 heteroatoms. The second kappa shape index (κ2) is 7.74. The second-order valence-electron chi connectivity index (χ2n) is 5.13. The minimum atomic E-state index is -0.500. The molecule has 0 aliphatic carbocycles. The van der Waals surface area contributed by atoms with Gasteiger partial charge in [0.1, 0.15) is 11.5 Å². The van der Waals surface area contributed by atoms with Gasteiger partial charge in [-0.05, 0) is 59.1 Å². The fraction of sp³-hybridized carbons (Fsp3) is 0.188. The Morgan fingerprint density at radius 2 is 1.96 bits per heavy atom. The van der Waals surface area contributed by atoms with Gasteiger partial charge in [0.2, 0.25) is 5.91 Å². The number of benzene rings is 1. The highest BCUT2D eigenvalue weighted by atomic mass is 32.1. The summed E-state index contributed by atoms with van der Waals surface area (Å²) >= 11 is 1.34. The van der Waals surface area contributed by atoms with Gasteiger partial charge in [0.05, 0.1) is 12.2 Å². The second-order valence-corrected chi connectivity index (χ2v) is 6.05. The van der Waals surface area contributed by atoms with Crippen LogP contribution in [0.2, 0.25) is 0 Å². The number of rotatable bonds is 6. The molecular weight excluding hydrogens is 358 g/mol. The Hall–Kier alpha value is -3.27. The first-order chi connectivity index (χ1) is 12.6. The van der Waals surface area contributed by atoms with E-state index in [9.17, 15) is 14.4 Å². The molecule has 0 atom stereocenters. The number of esters is 1. The fourth-order valence-electron chi connectivity index (χ4n) is 2.14. The normalized spacial score (nSPS) is 10.5. The van der Waals surface area contributed by atoms with Gasteiger partial charge in [-0.15, -0.1) is 11.3 Å². The number of hydrogen-bond acceptors (Lipinski definition) is 7. The first kappa shape index (κ1) is 17.5. The Kier molecular flexibility index (Phi) is 5.23. The van der Waals surface area contributed by atoms with Crippen molar-refractivity contribution in [2.24, 2.45) is 0 Å². The third-order valence-electron chi connectivity index (χ3n) is 3.33. The maximum atomic E-state index is 12.2. The molecule has 3 aromatic rings. The number of anilines is 1. The van der Waals surface area contributed by atoms with Crippen molar-refractivity contribution in [3.63, 3.8) is 0 Å². The number of carbonyl (C=O) groups is 2. The number of ether oxygens (including phenoxy) is 1. The summed E-state index contributed by atoms with van der Waals surface area (Å²) in [6, 6.07) is 9.78. The van der Waals surface area contributed by atoms with Gasteiger partial charge in [-0.2, -0.15) is 9.36 Å². The van der Waals surface area contributed by atoms with Gasteiger partial charge >= 0.3 is 11.7 Å². The van der Waals surface area contributed by atoms with E-state index in [0.29, 0.717) is 16.3 Å². The van der Waals surface area contributed by atoms with Gasteiger partial charge in [0, 0.05) is 5.69 Å². The molecule has 0 aliphatic rings. The third kappa shape index (κ3) is 3.86. The van der Waals surface area contributed by atoms with Crippen LogP contribution in [0.4, 0.5) is 5.69 Å². The number of nitrogens with zero attached hydrogens (tertiary/aromatic N) is 4. The maximum absolute atomic E-state index is 12.2. The summed E-state index contributed by atoms with van der Waals surface area (Å²) in [4.78, 5) is 35.9. The monoisotopic (exact) mass is 373 g/mol.